The smallest absolute Gasteiger partial charge is 0.159 e. The summed E-state index contributed by atoms with van der Waals surface area (Å²) in [6, 6.07) is 61.8. The largest absolute Gasteiger partial charge is 0.456 e. The van der Waals surface area contributed by atoms with E-state index in [0.29, 0.717) is 0 Å². The standard InChI is InChI=1S/C46H29NO2/c1-3-13-30(14-4-1)31-25-27-33(28-26-31)47(39-21-12-24-42-45(39)36-19-9-10-23-41(36)48-42)40-22-11-20-37-44-35-18-8-7-17-34(35)38(29-43(44)49-46(37)40)32-15-5-2-6-16-32/h1-29H. The van der Waals surface area contributed by atoms with E-state index < -0.39 is 0 Å². The summed E-state index contributed by atoms with van der Waals surface area (Å²) in [6.45, 7) is 0. The molecular formula is C46H29NO2. The zero-order chi connectivity index (χ0) is 32.3. The van der Waals surface area contributed by atoms with Crippen LogP contribution < -0.4 is 4.90 Å². The topological polar surface area (TPSA) is 29.5 Å². The number of fused-ring (bicyclic) bond motifs is 8. The summed E-state index contributed by atoms with van der Waals surface area (Å²) in [5.74, 6) is 0. The number of anilines is 3. The van der Waals surface area contributed by atoms with Gasteiger partial charge in [0, 0.05) is 21.8 Å². The Kier molecular flexibility index (Phi) is 6.18. The molecule has 0 aliphatic carbocycles. The van der Waals surface area contributed by atoms with Crippen LogP contribution >= 0.6 is 0 Å². The number of hydrogen-bond acceptors (Lipinski definition) is 3. The first-order valence-corrected chi connectivity index (χ1v) is 16.6. The Morgan fingerprint density at radius 1 is 0.347 bits per heavy atom. The van der Waals surface area contributed by atoms with Crippen molar-refractivity contribution in [2.45, 2.75) is 0 Å². The summed E-state index contributed by atoms with van der Waals surface area (Å²) >= 11 is 0. The molecule has 2 heterocycles. The summed E-state index contributed by atoms with van der Waals surface area (Å²) in [4.78, 5) is 2.32. The maximum absolute atomic E-state index is 6.99. The van der Waals surface area contributed by atoms with Crippen LogP contribution in [0.3, 0.4) is 0 Å². The highest BCUT2D eigenvalue weighted by molar-refractivity contribution is 6.24. The predicted molar refractivity (Wildman–Crippen MR) is 204 cm³/mol. The summed E-state index contributed by atoms with van der Waals surface area (Å²) in [6.07, 6.45) is 0. The zero-order valence-electron chi connectivity index (χ0n) is 26.5. The fraction of sp³-hybridized carbons (Fsp3) is 0. The van der Waals surface area contributed by atoms with Gasteiger partial charge >= 0.3 is 0 Å². The van der Waals surface area contributed by atoms with E-state index in [1.165, 1.54) is 21.9 Å². The average molecular weight is 628 g/mol. The lowest BCUT2D eigenvalue weighted by Crippen LogP contribution is -2.10. The lowest BCUT2D eigenvalue weighted by molar-refractivity contribution is 0.668. The lowest BCUT2D eigenvalue weighted by atomic mass is 9.95. The highest BCUT2D eigenvalue weighted by Gasteiger charge is 2.24. The molecule has 0 fully saturated rings. The predicted octanol–water partition coefficient (Wildman–Crippen LogP) is 13.4. The van der Waals surface area contributed by atoms with Crippen molar-refractivity contribution in [3.8, 4) is 22.3 Å². The van der Waals surface area contributed by atoms with Crippen molar-refractivity contribution in [1.29, 1.82) is 0 Å². The third kappa shape index (κ3) is 4.37. The quantitative estimate of drug-likeness (QED) is 0.190. The van der Waals surface area contributed by atoms with Crippen molar-refractivity contribution in [3.63, 3.8) is 0 Å². The van der Waals surface area contributed by atoms with Crippen LogP contribution in [0.2, 0.25) is 0 Å². The van der Waals surface area contributed by atoms with Gasteiger partial charge in [0.15, 0.2) is 5.58 Å². The second-order valence-electron chi connectivity index (χ2n) is 12.5. The van der Waals surface area contributed by atoms with Crippen LogP contribution in [0.15, 0.2) is 185 Å². The first-order chi connectivity index (χ1) is 24.3. The van der Waals surface area contributed by atoms with E-state index in [0.717, 1.165) is 72.1 Å². The van der Waals surface area contributed by atoms with Crippen LogP contribution in [-0.2, 0) is 0 Å². The molecule has 0 bridgehead atoms. The summed E-state index contributed by atoms with van der Waals surface area (Å²) in [5.41, 5.74) is 11.1. The molecule has 0 atom stereocenters. The van der Waals surface area contributed by atoms with Crippen molar-refractivity contribution in [1.82, 2.24) is 0 Å². The van der Waals surface area contributed by atoms with E-state index in [1.54, 1.807) is 0 Å². The Balaban J connectivity index is 1.27. The van der Waals surface area contributed by atoms with Crippen molar-refractivity contribution in [2.75, 3.05) is 4.90 Å². The van der Waals surface area contributed by atoms with Crippen molar-refractivity contribution in [3.05, 3.63) is 176 Å². The van der Waals surface area contributed by atoms with Gasteiger partial charge < -0.3 is 13.7 Å². The van der Waals surface area contributed by atoms with Gasteiger partial charge in [-0.25, -0.2) is 0 Å². The van der Waals surface area contributed by atoms with E-state index in [-0.39, 0.29) is 0 Å². The number of hydrogen-bond donors (Lipinski definition) is 0. The molecule has 0 unspecified atom stereocenters. The molecule has 10 rings (SSSR count). The van der Waals surface area contributed by atoms with E-state index in [2.05, 4.69) is 169 Å². The molecule has 0 radical (unpaired) electrons. The molecule has 0 aliphatic rings. The SMILES string of the molecule is c1ccc(-c2ccc(N(c3cccc4c3oc3cc(-c5ccccc5)c5ccccc5c34)c3cccc4oc5ccccc5c34)cc2)cc1. The molecule has 0 spiro atoms. The highest BCUT2D eigenvalue weighted by Crippen LogP contribution is 2.48. The molecule has 8 aromatic carbocycles. The molecule has 49 heavy (non-hydrogen) atoms. The average Bonchev–Trinajstić information content (AvgIpc) is 3.75. The second kappa shape index (κ2) is 11.0. The first-order valence-electron chi connectivity index (χ1n) is 16.6. The second-order valence-corrected chi connectivity index (χ2v) is 12.5. The van der Waals surface area contributed by atoms with Crippen LogP contribution in [0.5, 0.6) is 0 Å². The number of rotatable bonds is 5. The lowest BCUT2D eigenvalue weighted by Gasteiger charge is -2.26. The van der Waals surface area contributed by atoms with Gasteiger partial charge in [-0.15, -0.1) is 0 Å². The third-order valence-electron chi connectivity index (χ3n) is 9.66. The minimum atomic E-state index is 0.838. The summed E-state index contributed by atoms with van der Waals surface area (Å²) < 4.78 is 13.4. The van der Waals surface area contributed by atoms with Crippen molar-refractivity contribution in [2.24, 2.45) is 0 Å². The molecule has 0 aliphatic heterocycles. The molecule has 3 nitrogen and oxygen atoms in total. The molecule has 230 valence electrons. The van der Waals surface area contributed by atoms with Crippen LogP contribution in [0.4, 0.5) is 17.1 Å². The van der Waals surface area contributed by atoms with Gasteiger partial charge in [0.2, 0.25) is 0 Å². The Bertz CT molecular complexity index is 2810. The highest BCUT2D eigenvalue weighted by atomic mass is 16.3. The zero-order valence-corrected chi connectivity index (χ0v) is 26.5. The molecule has 10 aromatic rings. The van der Waals surface area contributed by atoms with Crippen LogP contribution in [0.1, 0.15) is 0 Å². The molecular weight excluding hydrogens is 599 g/mol. The third-order valence-corrected chi connectivity index (χ3v) is 9.66. The van der Waals surface area contributed by atoms with Crippen molar-refractivity contribution >= 4 is 71.7 Å². The normalized spacial score (nSPS) is 11.7. The Hall–Kier alpha value is -6.58. The van der Waals surface area contributed by atoms with E-state index in [9.17, 15) is 0 Å². The van der Waals surface area contributed by atoms with Crippen LogP contribution in [0, 0.1) is 0 Å². The summed E-state index contributed by atoms with van der Waals surface area (Å²) in [5, 5.41) is 6.73. The minimum Gasteiger partial charge on any atom is -0.456 e. The van der Waals surface area contributed by atoms with Crippen molar-refractivity contribution < 1.29 is 8.83 Å². The van der Waals surface area contributed by atoms with E-state index in [1.807, 2.05) is 12.1 Å². The van der Waals surface area contributed by atoms with Gasteiger partial charge in [0.05, 0.1) is 16.8 Å². The Labute approximate surface area is 282 Å². The van der Waals surface area contributed by atoms with Gasteiger partial charge in [-0.1, -0.05) is 133 Å². The molecule has 2 aromatic heterocycles. The molecule has 0 saturated carbocycles. The molecule has 0 N–H and O–H groups in total. The van der Waals surface area contributed by atoms with E-state index in [4.69, 9.17) is 8.83 Å². The molecule has 0 saturated heterocycles. The van der Waals surface area contributed by atoms with Gasteiger partial charge in [0.1, 0.15) is 16.7 Å². The number of benzene rings is 8. The van der Waals surface area contributed by atoms with Gasteiger partial charge in [-0.05, 0) is 75.5 Å². The number of nitrogens with zero attached hydrogens (tertiary/aromatic N) is 1. The van der Waals surface area contributed by atoms with E-state index >= 15 is 0 Å². The Morgan fingerprint density at radius 2 is 0.939 bits per heavy atom. The van der Waals surface area contributed by atoms with Crippen LogP contribution in [0.25, 0.3) is 76.9 Å². The fourth-order valence-corrected chi connectivity index (χ4v) is 7.46. The maximum Gasteiger partial charge on any atom is 0.159 e. The van der Waals surface area contributed by atoms with Crippen LogP contribution in [-0.4, -0.2) is 0 Å². The Morgan fingerprint density at radius 3 is 1.73 bits per heavy atom. The number of para-hydroxylation sites is 2. The summed E-state index contributed by atoms with van der Waals surface area (Å²) in [7, 11) is 0. The van der Waals surface area contributed by atoms with Gasteiger partial charge in [-0.2, -0.15) is 0 Å². The molecule has 3 heteroatoms. The maximum atomic E-state index is 6.99. The minimum absolute atomic E-state index is 0.838. The van der Waals surface area contributed by atoms with Gasteiger partial charge in [-0.3, -0.25) is 0 Å². The van der Waals surface area contributed by atoms with Gasteiger partial charge in [0.25, 0.3) is 0 Å². The monoisotopic (exact) mass is 627 g/mol. The number of furan rings is 2. The first kappa shape index (κ1) is 27.5. The molecule has 0 amide bonds. The fourth-order valence-electron chi connectivity index (χ4n) is 7.46.